The Morgan fingerprint density at radius 3 is 2.76 bits per heavy atom. The van der Waals surface area contributed by atoms with E-state index in [9.17, 15) is 9.18 Å². The smallest absolute Gasteiger partial charge is 0.410 e. The van der Waals surface area contributed by atoms with Crippen LogP contribution in [0, 0.1) is 5.82 Å². The number of benzene rings is 1. The Morgan fingerprint density at radius 2 is 2.10 bits per heavy atom. The molecule has 0 spiro atoms. The van der Waals surface area contributed by atoms with E-state index in [-0.39, 0.29) is 24.7 Å². The zero-order valence-electron chi connectivity index (χ0n) is 15.7. The molecule has 0 aliphatic carbocycles. The van der Waals surface area contributed by atoms with Gasteiger partial charge in [0.15, 0.2) is 11.6 Å². The van der Waals surface area contributed by atoms with Gasteiger partial charge in [0.2, 0.25) is 0 Å². The van der Waals surface area contributed by atoms with Gasteiger partial charge in [0, 0.05) is 13.1 Å². The number of anilines is 2. The molecule has 0 unspecified atom stereocenters. The van der Waals surface area contributed by atoms with E-state index in [1.165, 1.54) is 13.2 Å². The van der Waals surface area contributed by atoms with E-state index in [4.69, 9.17) is 20.3 Å². The molecular formula is C18H19FN6O4. The predicted molar refractivity (Wildman–Crippen MR) is 102 cm³/mol. The molecule has 0 fully saturated rings. The lowest BCUT2D eigenvalue weighted by atomic mass is 10.1. The van der Waals surface area contributed by atoms with Crippen LogP contribution in [0.1, 0.15) is 11.3 Å². The van der Waals surface area contributed by atoms with Crippen LogP contribution in [-0.2, 0) is 25.0 Å². The molecule has 0 saturated carbocycles. The van der Waals surface area contributed by atoms with Gasteiger partial charge in [-0.15, -0.1) is 0 Å². The third kappa shape index (κ3) is 4.96. The average Bonchev–Trinajstić information content (AvgIpc) is 3.06. The van der Waals surface area contributed by atoms with Crippen molar-refractivity contribution in [2.24, 2.45) is 7.05 Å². The number of carboxylic acid groups (broad SMARTS) is 1. The number of amides is 1. The highest BCUT2D eigenvalue weighted by molar-refractivity contribution is 5.81. The van der Waals surface area contributed by atoms with Gasteiger partial charge in [-0.1, -0.05) is 0 Å². The number of nitrogens with two attached hydrogens (primary N) is 1. The maximum absolute atomic E-state index is 13.6. The molecule has 1 aromatic carbocycles. The maximum atomic E-state index is 13.6. The number of pyridine rings is 1. The number of halogens is 1. The van der Waals surface area contributed by atoms with Gasteiger partial charge in [0.25, 0.3) is 0 Å². The number of nitrogen functional groups attached to an aromatic ring is 1. The monoisotopic (exact) mass is 402 g/mol. The number of methoxy groups -OCH3 is 1. The number of rotatable bonds is 7. The molecule has 1 amide bonds. The van der Waals surface area contributed by atoms with Crippen molar-refractivity contribution in [3.63, 3.8) is 0 Å². The maximum Gasteiger partial charge on any atom is 0.410 e. The molecular weight excluding hydrogens is 383 g/mol. The van der Waals surface area contributed by atoms with Crippen molar-refractivity contribution in [2.75, 3.05) is 18.2 Å². The SMILES string of the molecule is COc1c(N)cc(COCc2cc(F)cc(NC(=O)O)n2)cc1-c1ncn(C)n1. The topological polar surface area (TPSA) is 137 Å². The van der Waals surface area contributed by atoms with Crippen molar-refractivity contribution in [2.45, 2.75) is 13.2 Å². The summed E-state index contributed by atoms with van der Waals surface area (Å²) >= 11 is 0. The fraction of sp³-hybridized carbons (Fsp3) is 0.222. The number of carbonyl (C=O) groups is 1. The average molecular weight is 402 g/mol. The lowest BCUT2D eigenvalue weighted by Crippen LogP contribution is -2.10. The fourth-order valence-electron chi connectivity index (χ4n) is 2.73. The summed E-state index contributed by atoms with van der Waals surface area (Å²) in [6.45, 7) is 0.114. The summed E-state index contributed by atoms with van der Waals surface area (Å²) in [6, 6.07) is 5.63. The third-order valence-corrected chi connectivity index (χ3v) is 3.82. The van der Waals surface area contributed by atoms with E-state index in [1.807, 2.05) is 5.32 Å². The Balaban J connectivity index is 1.75. The molecule has 11 heteroatoms. The van der Waals surface area contributed by atoms with Crippen LogP contribution < -0.4 is 15.8 Å². The van der Waals surface area contributed by atoms with Crippen LogP contribution in [0.2, 0.25) is 0 Å². The summed E-state index contributed by atoms with van der Waals surface area (Å²) in [5.41, 5.74) is 8.05. The van der Waals surface area contributed by atoms with Crippen LogP contribution in [0.4, 0.5) is 20.7 Å². The van der Waals surface area contributed by atoms with Gasteiger partial charge in [-0.25, -0.2) is 19.2 Å². The van der Waals surface area contributed by atoms with E-state index in [2.05, 4.69) is 15.1 Å². The van der Waals surface area contributed by atoms with Crippen LogP contribution in [0.25, 0.3) is 11.4 Å². The minimum absolute atomic E-state index is 0.0326. The summed E-state index contributed by atoms with van der Waals surface area (Å²) in [5.74, 6) is 0.165. The molecule has 2 heterocycles. The van der Waals surface area contributed by atoms with E-state index < -0.39 is 11.9 Å². The summed E-state index contributed by atoms with van der Waals surface area (Å²) in [5, 5.41) is 15.0. The van der Waals surface area contributed by atoms with E-state index >= 15 is 0 Å². The molecule has 29 heavy (non-hydrogen) atoms. The van der Waals surface area contributed by atoms with Gasteiger partial charge in [0.05, 0.1) is 37.3 Å². The second-order valence-electron chi connectivity index (χ2n) is 6.09. The molecule has 3 aromatic rings. The summed E-state index contributed by atoms with van der Waals surface area (Å²) in [7, 11) is 3.26. The summed E-state index contributed by atoms with van der Waals surface area (Å²) < 4.78 is 26.2. The van der Waals surface area contributed by atoms with Gasteiger partial charge in [-0.05, 0) is 23.8 Å². The first-order valence-corrected chi connectivity index (χ1v) is 8.42. The van der Waals surface area contributed by atoms with Gasteiger partial charge >= 0.3 is 6.09 Å². The van der Waals surface area contributed by atoms with Crippen LogP contribution in [0.3, 0.4) is 0 Å². The Kier molecular flexibility index (Phi) is 5.88. The molecule has 0 atom stereocenters. The first-order chi connectivity index (χ1) is 13.9. The van der Waals surface area contributed by atoms with Crippen molar-refractivity contribution in [1.82, 2.24) is 19.7 Å². The van der Waals surface area contributed by atoms with Crippen LogP contribution in [0.5, 0.6) is 5.75 Å². The van der Waals surface area contributed by atoms with Crippen molar-refractivity contribution >= 4 is 17.6 Å². The highest BCUT2D eigenvalue weighted by Crippen LogP contribution is 2.34. The summed E-state index contributed by atoms with van der Waals surface area (Å²) in [4.78, 5) is 18.9. The highest BCUT2D eigenvalue weighted by Gasteiger charge is 2.15. The zero-order chi connectivity index (χ0) is 21.0. The highest BCUT2D eigenvalue weighted by atomic mass is 19.1. The van der Waals surface area contributed by atoms with Crippen LogP contribution in [-0.4, -0.2) is 38.1 Å². The molecule has 152 valence electrons. The number of aromatic nitrogens is 4. The van der Waals surface area contributed by atoms with E-state index in [0.29, 0.717) is 22.8 Å². The Bertz CT molecular complexity index is 1040. The first kappa shape index (κ1) is 20.0. The van der Waals surface area contributed by atoms with Gasteiger partial charge in [-0.3, -0.25) is 10.00 Å². The molecule has 0 bridgehead atoms. The lowest BCUT2D eigenvalue weighted by Gasteiger charge is -2.12. The molecule has 0 saturated heterocycles. The minimum atomic E-state index is -1.33. The number of nitrogens with zero attached hydrogens (tertiary/aromatic N) is 4. The van der Waals surface area contributed by atoms with Crippen LogP contribution >= 0.6 is 0 Å². The molecule has 4 N–H and O–H groups in total. The quantitative estimate of drug-likeness (QED) is 0.512. The van der Waals surface area contributed by atoms with Gasteiger partial charge in [0.1, 0.15) is 18.0 Å². The van der Waals surface area contributed by atoms with Gasteiger partial charge < -0.3 is 20.3 Å². The zero-order valence-corrected chi connectivity index (χ0v) is 15.7. The lowest BCUT2D eigenvalue weighted by molar-refractivity contribution is 0.104. The van der Waals surface area contributed by atoms with Crippen LogP contribution in [0.15, 0.2) is 30.6 Å². The second kappa shape index (κ2) is 8.52. The fourth-order valence-corrected chi connectivity index (χ4v) is 2.73. The largest absolute Gasteiger partial charge is 0.494 e. The predicted octanol–water partition coefficient (Wildman–Crippen LogP) is 2.41. The Morgan fingerprint density at radius 1 is 1.31 bits per heavy atom. The second-order valence-corrected chi connectivity index (χ2v) is 6.09. The molecule has 0 aliphatic heterocycles. The van der Waals surface area contributed by atoms with Gasteiger partial charge in [-0.2, -0.15) is 5.10 Å². The third-order valence-electron chi connectivity index (χ3n) is 3.82. The number of hydrogen-bond acceptors (Lipinski definition) is 7. The normalized spacial score (nSPS) is 10.7. The Labute approximate surface area is 165 Å². The number of nitrogens with one attached hydrogen (secondary N) is 1. The molecule has 0 radical (unpaired) electrons. The van der Waals surface area contributed by atoms with E-state index in [1.54, 1.807) is 30.2 Å². The Hall–Kier alpha value is -3.73. The van der Waals surface area contributed by atoms with Crippen molar-refractivity contribution in [1.29, 1.82) is 0 Å². The number of aryl methyl sites for hydroxylation is 1. The molecule has 10 nitrogen and oxygen atoms in total. The number of hydrogen-bond donors (Lipinski definition) is 3. The molecule has 0 aliphatic rings. The minimum Gasteiger partial charge on any atom is -0.494 e. The molecule has 3 rings (SSSR count). The number of ether oxygens (including phenoxy) is 2. The van der Waals surface area contributed by atoms with Crippen molar-refractivity contribution in [3.05, 3.63) is 47.7 Å². The van der Waals surface area contributed by atoms with Crippen molar-refractivity contribution < 1.29 is 23.8 Å². The summed E-state index contributed by atoms with van der Waals surface area (Å²) in [6.07, 6.45) is 0.228. The molecule has 2 aromatic heterocycles. The standard InChI is InChI=1S/C18H19FN6O4/c1-25-9-21-17(24-25)13-3-10(4-14(20)16(13)28-2)7-29-8-12-5-11(19)6-15(22-12)23-18(26)27/h3-6,9H,7-8,20H2,1-2H3,(H,22,23)(H,26,27). The first-order valence-electron chi connectivity index (χ1n) is 8.42. The van der Waals surface area contributed by atoms with Crippen molar-refractivity contribution in [3.8, 4) is 17.1 Å². The van der Waals surface area contributed by atoms with E-state index in [0.717, 1.165) is 11.6 Å².